The van der Waals surface area contributed by atoms with Crippen molar-refractivity contribution in [2.75, 3.05) is 18.0 Å². The Bertz CT molecular complexity index is 1400. The molecule has 0 radical (unpaired) electrons. The van der Waals surface area contributed by atoms with Crippen LogP contribution in [0.2, 0.25) is 0 Å². The molecule has 6 heteroatoms. The molecule has 2 atom stereocenters. The summed E-state index contributed by atoms with van der Waals surface area (Å²) in [7, 11) is 0. The summed E-state index contributed by atoms with van der Waals surface area (Å²) in [6, 6.07) is 20.4. The zero-order chi connectivity index (χ0) is 21.9. The van der Waals surface area contributed by atoms with E-state index >= 15 is 0 Å². The summed E-state index contributed by atoms with van der Waals surface area (Å²) in [6.07, 6.45) is 8.60. The van der Waals surface area contributed by atoms with Gasteiger partial charge in [-0.15, -0.1) is 0 Å². The van der Waals surface area contributed by atoms with Crippen LogP contribution in [0, 0.1) is 11.3 Å². The molecule has 0 aliphatic carbocycles. The van der Waals surface area contributed by atoms with Crippen molar-refractivity contribution in [2.24, 2.45) is 0 Å². The van der Waals surface area contributed by atoms with Gasteiger partial charge in [0.1, 0.15) is 0 Å². The summed E-state index contributed by atoms with van der Waals surface area (Å²) in [5, 5.41) is 12.8. The number of benzene rings is 2. The van der Waals surface area contributed by atoms with Crippen molar-refractivity contribution in [3.8, 4) is 34.4 Å². The van der Waals surface area contributed by atoms with Gasteiger partial charge in [0.2, 0.25) is 0 Å². The van der Waals surface area contributed by atoms with E-state index in [2.05, 4.69) is 62.1 Å². The largest absolute Gasteiger partial charge is 0.367 e. The molecule has 0 saturated carbocycles. The Morgan fingerprint density at radius 2 is 1.94 bits per heavy atom. The molecule has 0 amide bonds. The van der Waals surface area contributed by atoms with Gasteiger partial charge in [-0.25, -0.2) is 4.98 Å². The van der Waals surface area contributed by atoms with Crippen molar-refractivity contribution in [1.29, 1.82) is 5.26 Å². The highest BCUT2D eigenvalue weighted by Gasteiger charge is 2.37. The molecule has 2 aromatic carbocycles. The number of imidazole rings is 1. The predicted octanol–water partition coefficient (Wildman–Crippen LogP) is 4.18. The van der Waals surface area contributed by atoms with Gasteiger partial charge in [-0.2, -0.15) is 5.26 Å². The second kappa shape index (κ2) is 7.09. The minimum absolute atomic E-state index is 0.614. The number of nitrogens with zero attached hydrogens (tertiary/aromatic N) is 5. The van der Waals surface area contributed by atoms with E-state index in [1.807, 2.05) is 30.5 Å². The maximum Gasteiger partial charge on any atom is 0.161 e. The third-order valence-corrected chi connectivity index (χ3v) is 7.50. The second-order valence-electron chi connectivity index (χ2n) is 9.26. The van der Waals surface area contributed by atoms with Crippen LogP contribution in [-0.2, 0) is 6.54 Å². The van der Waals surface area contributed by atoms with Gasteiger partial charge in [-0.05, 0) is 66.9 Å². The predicted molar refractivity (Wildman–Crippen MR) is 128 cm³/mol. The standard InChI is InChI=1S/C27H24N6/c28-15-18-1-3-19(4-2-18)20-14-26-27-30-10-12-33(27)24-6-5-22(13-21(24)17-31(26)16-20)32-11-8-23-25(32)7-9-29-23/h1-6,10,12-14,16,23,25,29H,7-9,11,17H2. The Kier molecular flexibility index (Phi) is 4.02. The fourth-order valence-corrected chi connectivity index (χ4v) is 5.89. The minimum atomic E-state index is 0.614. The first-order valence-electron chi connectivity index (χ1n) is 11.7. The molecule has 5 heterocycles. The number of hydrogen-bond donors (Lipinski definition) is 1. The molecule has 2 fully saturated rings. The SMILES string of the molecule is N#Cc1ccc(-c2cc3n(c2)Cc2cc(N4CCC5NCCC54)ccc2-n2ccnc2-3)cc1. The summed E-state index contributed by atoms with van der Waals surface area (Å²) in [5.74, 6) is 0.961. The molecule has 3 aliphatic rings. The van der Waals surface area contributed by atoms with Crippen LogP contribution in [-0.4, -0.2) is 39.3 Å². The smallest absolute Gasteiger partial charge is 0.161 e. The topological polar surface area (TPSA) is 61.8 Å². The molecule has 4 aromatic rings. The first kappa shape index (κ1) is 18.7. The third kappa shape index (κ3) is 2.86. The summed E-state index contributed by atoms with van der Waals surface area (Å²) < 4.78 is 4.52. The van der Waals surface area contributed by atoms with Gasteiger partial charge in [0, 0.05) is 55.0 Å². The van der Waals surface area contributed by atoms with E-state index in [-0.39, 0.29) is 0 Å². The average molecular weight is 433 g/mol. The van der Waals surface area contributed by atoms with Crippen LogP contribution >= 0.6 is 0 Å². The molecular formula is C27H24N6. The first-order chi connectivity index (χ1) is 16.3. The molecule has 162 valence electrons. The lowest BCUT2D eigenvalue weighted by Crippen LogP contribution is -2.34. The molecule has 2 aromatic heterocycles. The van der Waals surface area contributed by atoms with Crippen molar-refractivity contribution in [1.82, 2.24) is 19.4 Å². The third-order valence-electron chi connectivity index (χ3n) is 7.50. The molecular weight excluding hydrogens is 408 g/mol. The molecule has 2 saturated heterocycles. The number of nitriles is 1. The van der Waals surface area contributed by atoms with Crippen molar-refractivity contribution in [2.45, 2.75) is 31.5 Å². The fourth-order valence-electron chi connectivity index (χ4n) is 5.89. The lowest BCUT2D eigenvalue weighted by Gasteiger charge is -2.26. The number of aromatic nitrogens is 3. The lowest BCUT2D eigenvalue weighted by molar-refractivity contribution is 0.601. The average Bonchev–Trinajstić information content (AvgIpc) is 3.62. The van der Waals surface area contributed by atoms with Gasteiger partial charge in [-0.1, -0.05) is 12.1 Å². The van der Waals surface area contributed by atoms with Gasteiger partial charge in [0.15, 0.2) is 5.82 Å². The van der Waals surface area contributed by atoms with Crippen molar-refractivity contribution < 1.29 is 0 Å². The van der Waals surface area contributed by atoms with E-state index < -0.39 is 0 Å². The molecule has 1 N–H and O–H groups in total. The van der Waals surface area contributed by atoms with E-state index in [0.29, 0.717) is 17.6 Å². The van der Waals surface area contributed by atoms with Gasteiger partial charge < -0.3 is 14.8 Å². The molecule has 2 unspecified atom stereocenters. The summed E-state index contributed by atoms with van der Waals surface area (Å²) in [4.78, 5) is 7.32. The summed E-state index contributed by atoms with van der Waals surface area (Å²) in [6.45, 7) is 3.05. The number of hydrogen-bond acceptors (Lipinski definition) is 4. The van der Waals surface area contributed by atoms with Crippen LogP contribution in [0.4, 0.5) is 5.69 Å². The van der Waals surface area contributed by atoms with Gasteiger partial charge in [0.25, 0.3) is 0 Å². The quantitative estimate of drug-likeness (QED) is 0.455. The van der Waals surface area contributed by atoms with Crippen LogP contribution < -0.4 is 10.2 Å². The number of anilines is 1. The van der Waals surface area contributed by atoms with Crippen LogP contribution in [0.25, 0.3) is 28.3 Å². The van der Waals surface area contributed by atoms with Crippen LogP contribution in [0.15, 0.2) is 67.1 Å². The summed E-state index contributed by atoms with van der Waals surface area (Å²) in [5.41, 5.74) is 7.88. The number of fused-ring (bicyclic) bond motifs is 6. The molecule has 7 rings (SSSR count). The van der Waals surface area contributed by atoms with Crippen molar-refractivity contribution >= 4 is 5.69 Å². The highest BCUT2D eigenvalue weighted by molar-refractivity contribution is 5.72. The van der Waals surface area contributed by atoms with E-state index in [1.165, 1.54) is 29.8 Å². The lowest BCUT2D eigenvalue weighted by atomic mass is 10.1. The van der Waals surface area contributed by atoms with Gasteiger partial charge in [0.05, 0.1) is 23.0 Å². The van der Waals surface area contributed by atoms with Crippen LogP contribution in [0.5, 0.6) is 0 Å². The molecule has 6 nitrogen and oxygen atoms in total. The van der Waals surface area contributed by atoms with Crippen LogP contribution in [0.1, 0.15) is 24.0 Å². The van der Waals surface area contributed by atoms with E-state index in [0.717, 1.165) is 42.3 Å². The van der Waals surface area contributed by atoms with E-state index in [9.17, 15) is 0 Å². The molecule has 3 aliphatic heterocycles. The molecule has 0 bridgehead atoms. The van der Waals surface area contributed by atoms with Gasteiger partial charge >= 0.3 is 0 Å². The monoisotopic (exact) mass is 432 g/mol. The maximum atomic E-state index is 9.12. The van der Waals surface area contributed by atoms with E-state index in [4.69, 9.17) is 10.2 Å². The second-order valence-corrected chi connectivity index (χ2v) is 9.26. The fraction of sp³-hybridized carbons (Fsp3) is 0.259. The molecule has 0 spiro atoms. The number of nitrogens with one attached hydrogen (secondary N) is 1. The van der Waals surface area contributed by atoms with Crippen molar-refractivity contribution in [3.63, 3.8) is 0 Å². The maximum absolute atomic E-state index is 9.12. The normalized spacial score (nSPS) is 20.5. The Morgan fingerprint density at radius 1 is 1.03 bits per heavy atom. The Balaban J connectivity index is 1.31. The zero-order valence-electron chi connectivity index (χ0n) is 18.3. The first-order valence-corrected chi connectivity index (χ1v) is 11.7. The van der Waals surface area contributed by atoms with Crippen molar-refractivity contribution in [3.05, 3.63) is 78.2 Å². The highest BCUT2D eigenvalue weighted by Crippen LogP contribution is 2.37. The Hall–Kier alpha value is -3.82. The minimum Gasteiger partial charge on any atom is -0.367 e. The Labute approximate surface area is 192 Å². The highest BCUT2D eigenvalue weighted by atomic mass is 15.2. The number of rotatable bonds is 2. The summed E-state index contributed by atoms with van der Waals surface area (Å²) >= 11 is 0. The zero-order valence-corrected chi connectivity index (χ0v) is 18.3. The molecule has 33 heavy (non-hydrogen) atoms. The Morgan fingerprint density at radius 3 is 2.82 bits per heavy atom. The van der Waals surface area contributed by atoms with Gasteiger partial charge in [-0.3, -0.25) is 4.57 Å². The van der Waals surface area contributed by atoms with Crippen LogP contribution in [0.3, 0.4) is 0 Å². The van der Waals surface area contributed by atoms with E-state index in [1.54, 1.807) is 0 Å².